The molecule has 0 N–H and O–H groups in total. The molecule has 0 amide bonds. The molecule has 0 aliphatic carbocycles. The Balaban J connectivity index is 0.000000181. The molecule has 4 heterocycles. The van der Waals surface area contributed by atoms with Crippen molar-refractivity contribution in [3.05, 3.63) is 177 Å². The van der Waals surface area contributed by atoms with Gasteiger partial charge in [-0.3, -0.25) is 0 Å². The van der Waals surface area contributed by atoms with Gasteiger partial charge in [0, 0.05) is 5.41 Å². The minimum absolute atomic E-state index is 0.114. The van der Waals surface area contributed by atoms with Crippen molar-refractivity contribution in [2.45, 2.75) is 19.3 Å². The lowest BCUT2D eigenvalue weighted by atomic mass is 9.78. The molecule has 62 heavy (non-hydrogen) atoms. The Morgan fingerprint density at radius 3 is 0.758 bits per heavy atom. The molecule has 0 aromatic heterocycles. The zero-order valence-corrected chi connectivity index (χ0v) is 32.2. The van der Waals surface area contributed by atoms with Crippen molar-refractivity contribution in [2.75, 3.05) is 0 Å². The summed E-state index contributed by atoms with van der Waals surface area (Å²) in [6.07, 6.45) is 0. The zero-order chi connectivity index (χ0) is 43.4. The van der Waals surface area contributed by atoms with E-state index in [1.54, 1.807) is 12.1 Å². The van der Waals surface area contributed by atoms with Crippen LogP contribution >= 0.6 is 0 Å². The number of cyclic esters (lactones) is 8. The van der Waals surface area contributed by atoms with Crippen LogP contribution < -0.4 is 14.2 Å². The minimum Gasteiger partial charge on any atom is -0.457 e. The average Bonchev–Trinajstić information content (AvgIpc) is 3.92. The van der Waals surface area contributed by atoms with Crippen LogP contribution in [0.2, 0.25) is 0 Å². The summed E-state index contributed by atoms with van der Waals surface area (Å²) in [6, 6.07) is 33.1. The monoisotopic (exact) mass is 830 g/mol. The van der Waals surface area contributed by atoms with Gasteiger partial charge in [0.25, 0.3) is 0 Å². The number of carbonyl (C=O) groups is 8. The van der Waals surface area contributed by atoms with Crippen molar-refractivity contribution >= 4 is 47.8 Å². The highest BCUT2D eigenvalue weighted by molar-refractivity contribution is 6.17. The molecule has 10 rings (SSSR count). The third kappa shape index (κ3) is 7.08. The van der Waals surface area contributed by atoms with E-state index in [2.05, 4.69) is 32.8 Å². The maximum absolute atomic E-state index is 11.8. The SMILES string of the molecule is CC(C)(c1ccc(Oc2ccc3c(c2)C(=O)OC3=O)cc1)c1ccc(Oc2ccc3c(c2)C(=O)OC3=O)cc1.O=C1OC(=O)c2cc(Oc3ccc4c(c3)C(=O)OC4=O)ccc21. The number of hydrogen-bond acceptors (Lipinski definition) is 15. The Bertz CT molecular complexity index is 2800. The highest BCUT2D eigenvalue weighted by Gasteiger charge is 2.33. The normalized spacial score (nSPS) is 14.4. The highest BCUT2D eigenvalue weighted by Crippen LogP contribution is 2.36. The lowest BCUT2D eigenvalue weighted by molar-refractivity contribution is 0.0425. The number of hydrogen-bond donors (Lipinski definition) is 0. The fourth-order valence-electron chi connectivity index (χ4n) is 6.97. The number of fused-ring (bicyclic) bond motifs is 4. The van der Waals surface area contributed by atoms with Crippen molar-refractivity contribution in [2.24, 2.45) is 0 Å². The smallest absolute Gasteiger partial charge is 0.347 e. The van der Waals surface area contributed by atoms with Crippen molar-refractivity contribution in [3.8, 4) is 34.5 Å². The zero-order valence-electron chi connectivity index (χ0n) is 32.2. The second kappa shape index (κ2) is 14.8. The first kappa shape index (κ1) is 38.8. The van der Waals surface area contributed by atoms with Gasteiger partial charge in [-0.25, -0.2) is 38.4 Å². The van der Waals surface area contributed by atoms with E-state index in [4.69, 9.17) is 14.2 Å². The predicted octanol–water partition coefficient (Wildman–Crippen LogP) is 8.32. The largest absolute Gasteiger partial charge is 0.457 e. The van der Waals surface area contributed by atoms with Crippen LogP contribution in [-0.2, 0) is 24.4 Å². The maximum Gasteiger partial charge on any atom is 0.347 e. The first-order chi connectivity index (χ1) is 29.7. The van der Waals surface area contributed by atoms with Gasteiger partial charge in [-0.15, -0.1) is 0 Å². The lowest BCUT2D eigenvalue weighted by Crippen LogP contribution is -2.18. The Hall–Kier alpha value is -8.72. The number of carbonyl (C=O) groups excluding carboxylic acids is 8. The number of rotatable bonds is 8. The summed E-state index contributed by atoms with van der Waals surface area (Å²) in [5, 5.41) is 0. The second-order valence-electron chi connectivity index (χ2n) is 14.5. The lowest BCUT2D eigenvalue weighted by Gasteiger charge is -2.26. The molecule has 304 valence electrons. The molecule has 0 radical (unpaired) electrons. The van der Waals surface area contributed by atoms with E-state index in [1.807, 2.05) is 48.5 Å². The molecule has 0 saturated carbocycles. The molecular weight excluding hydrogens is 805 g/mol. The molecular formula is C47H26O15. The third-order valence-corrected chi connectivity index (χ3v) is 10.3. The van der Waals surface area contributed by atoms with Gasteiger partial charge in [0.05, 0.1) is 44.5 Å². The van der Waals surface area contributed by atoms with Gasteiger partial charge in [-0.05, 0) is 108 Å². The van der Waals surface area contributed by atoms with E-state index in [1.165, 1.54) is 60.7 Å². The maximum atomic E-state index is 11.8. The summed E-state index contributed by atoms with van der Waals surface area (Å²) < 4.78 is 35.6. The van der Waals surface area contributed by atoms with E-state index < -0.39 is 47.8 Å². The van der Waals surface area contributed by atoms with E-state index >= 15 is 0 Å². The van der Waals surface area contributed by atoms with Crippen LogP contribution in [0.5, 0.6) is 34.5 Å². The molecule has 0 fully saturated rings. The fraction of sp³-hybridized carbons (Fsp3) is 0.0638. The van der Waals surface area contributed by atoms with E-state index in [9.17, 15) is 38.4 Å². The van der Waals surface area contributed by atoms with Gasteiger partial charge in [-0.1, -0.05) is 38.1 Å². The summed E-state index contributed by atoms with van der Waals surface area (Å²) in [5.74, 6) is -2.95. The standard InChI is InChI=1S/C31H20O8.C16H6O7/c1-31(2,17-3-7-19(8-4-17)36-21-11-13-23-25(15-21)29(34)38-27(23)32)18-5-9-20(10-6-18)37-22-12-14-24-26(16-22)30(35)39-28(24)33;17-13-9-3-1-7(5-11(9)15(19)22-13)21-8-2-4-10-12(6-8)16(20)23-14(10)18/h3-16H,1-2H3;1-6H. The summed E-state index contributed by atoms with van der Waals surface area (Å²) in [6.45, 7) is 4.20. The van der Waals surface area contributed by atoms with Crippen LogP contribution in [0.1, 0.15) is 108 Å². The minimum atomic E-state index is -0.737. The van der Waals surface area contributed by atoms with Crippen molar-refractivity contribution in [3.63, 3.8) is 0 Å². The summed E-state index contributed by atoms with van der Waals surface area (Å²) in [5.41, 5.74) is 3.17. The molecule has 4 aliphatic rings. The summed E-state index contributed by atoms with van der Waals surface area (Å²) >= 11 is 0. The Morgan fingerprint density at radius 2 is 0.500 bits per heavy atom. The second-order valence-corrected chi connectivity index (χ2v) is 14.5. The molecule has 0 unspecified atom stereocenters. The third-order valence-electron chi connectivity index (χ3n) is 10.3. The molecule has 0 bridgehead atoms. The topological polar surface area (TPSA) is 201 Å². The van der Waals surface area contributed by atoms with Gasteiger partial charge in [0.15, 0.2) is 0 Å². The van der Waals surface area contributed by atoms with Crippen LogP contribution in [-0.4, -0.2) is 47.8 Å². The van der Waals surface area contributed by atoms with Crippen LogP contribution in [0, 0.1) is 0 Å². The van der Waals surface area contributed by atoms with E-state index in [0.29, 0.717) is 23.0 Å². The molecule has 0 saturated heterocycles. The molecule has 6 aromatic carbocycles. The molecule has 0 atom stereocenters. The van der Waals surface area contributed by atoms with Crippen molar-refractivity contribution in [1.82, 2.24) is 0 Å². The van der Waals surface area contributed by atoms with Crippen LogP contribution in [0.4, 0.5) is 0 Å². The first-order valence-electron chi connectivity index (χ1n) is 18.6. The molecule has 0 spiro atoms. The van der Waals surface area contributed by atoms with Gasteiger partial charge in [0.2, 0.25) is 0 Å². The van der Waals surface area contributed by atoms with E-state index in [0.717, 1.165) is 11.1 Å². The number of benzene rings is 6. The van der Waals surface area contributed by atoms with Crippen LogP contribution in [0.3, 0.4) is 0 Å². The summed E-state index contributed by atoms with van der Waals surface area (Å²) in [7, 11) is 0. The summed E-state index contributed by atoms with van der Waals surface area (Å²) in [4.78, 5) is 92.7. The Kier molecular flexibility index (Phi) is 9.28. The van der Waals surface area contributed by atoms with E-state index in [-0.39, 0.29) is 61.4 Å². The van der Waals surface area contributed by atoms with Gasteiger partial charge < -0.3 is 33.2 Å². The van der Waals surface area contributed by atoms with Gasteiger partial charge >= 0.3 is 47.8 Å². The first-order valence-corrected chi connectivity index (χ1v) is 18.6. The van der Waals surface area contributed by atoms with Crippen molar-refractivity contribution < 1.29 is 71.5 Å². The molecule has 4 aliphatic heterocycles. The van der Waals surface area contributed by atoms with Crippen molar-refractivity contribution in [1.29, 1.82) is 0 Å². The Labute approximate surface area is 349 Å². The quantitative estimate of drug-likeness (QED) is 0.0804. The average molecular weight is 831 g/mol. The number of ether oxygens (including phenoxy) is 7. The fourth-order valence-corrected chi connectivity index (χ4v) is 6.97. The predicted molar refractivity (Wildman–Crippen MR) is 210 cm³/mol. The van der Waals surface area contributed by atoms with Gasteiger partial charge in [-0.2, -0.15) is 0 Å². The molecule has 6 aromatic rings. The van der Waals surface area contributed by atoms with Gasteiger partial charge in [0.1, 0.15) is 34.5 Å². The van der Waals surface area contributed by atoms with Crippen LogP contribution in [0.25, 0.3) is 0 Å². The van der Waals surface area contributed by atoms with Crippen LogP contribution in [0.15, 0.2) is 121 Å². The highest BCUT2D eigenvalue weighted by atomic mass is 16.6. The number of esters is 8. The Morgan fingerprint density at radius 1 is 0.290 bits per heavy atom. The molecule has 15 nitrogen and oxygen atoms in total. The molecule has 15 heteroatoms.